The average molecular weight is 408 g/mol. The number of carbonyl (C=O) groups is 2. The van der Waals surface area contributed by atoms with Gasteiger partial charge in [-0.05, 0) is 43.2 Å². The lowest BCUT2D eigenvalue weighted by Gasteiger charge is -2.15. The van der Waals surface area contributed by atoms with Crippen LogP contribution in [0.15, 0.2) is 41.6 Å². The normalized spacial score (nSPS) is 12.1. The summed E-state index contributed by atoms with van der Waals surface area (Å²) in [7, 11) is -2.86. The van der Waals surface area contributed by atoms with Crippen LogP contribution in [0, 0.1) is 0 Å². The Bertz CT molecular complexity index is 925. The molecule has 4 N–H and O–H groups in total. The molecule has 1 heterocycles. The van der Waals surface area contributed by atoms with Gasteiger partial charge in [0, 0.05) is 19.4 Å². The quantitative estimate of drug-likeness (QED) is 0.525. The van der Waals surface area contributed by atoms with Crippen LogP contribution in [0.25, 0.3) is 0 Å². The largest absolute Gasteiger partial charge is 0.492 e. The maximum Gasteiger partial charge on any atom is 0.328 e. The Morgan fingerprint density at radius 3 is 2.61 bits per heavy atom. The fourth-order valence-electron chi connectivity index (χ4n) is 2.54. The smallest absolute Gasteiger partial charge is 0.328 e. The van der Waals surface area contributed by atoms with E-state index in [1.54, 1.807) is 25.4 Å². The van der Waals surface area contributed by atoms with Crippen molar-refractivity contribution in [3.63, 3.8) is 0 Å². The molecule has 9 nitrogen and oxygen atoms in total. The minimum atomic E-state index is -4.16. The Balaban J connectivity index is 2.21. The molecule has 0 saturated carbocycles. The number of hydrogen-bond acceptors (Lipinski definition) is 5. The summed E-state index contributed by atoms with van der Waals surface area (Å²) in [5.41, 5.74) is 1.40. The van der Waals surface area contributed by atoms with Crippen molar-refractivity contribution >= 4 is 22.0 Å². The third kappa shape index (κ3) is 5.49. The van der Waals surface area contributed by atoms with Crippen molar-refractivity contribution in [1.29, 1.82) is 0 Å². The maximum atomic E-state index is 12.5. The lowest BCUT2D eigenvalue weighted by atomic mass is 10.1. The van der Waals surface area contributed by atoms with E-state index >= 15 is 0 Å². The zero-order valence-electron chi connectivity index (χ0n) is 15.9. The summed E-state index contributed by atoms with van der Waals surface area (Å²) in [5.74, 6) is -0.163. The van der Waals surface area contributed by atoms with E-state index in [0.717, 1.165) is 5.56 Å². The van der Waals surface area contributed by atoms with Crippen molar-refractivity contribution in [2.45, 2.75) is 31.2 Å². The topological polar surface area (TPSA) is 129 Å². The Hall–Kier alpha value is -3.01. The molecule has 2 aromatic rings. The zero-order valence-corrected chi connectivity index (χ0v) is 16.7. The van der Waals surface area contributed by atoms with Gasteiger partial charge in [0.2, 0.25) is 5.91 Å². The highest BCUT2D eigenvalue weighted by Gasteiger charge is 2.23. The molecule has 0 fully saturated rings. The lowest BCUT2D eigenvalue weighted by molar-refractivity contribution is -0.121. The first-order valence-corrected chi connectivity index (χ1v) is 10.2. The van der Waals surface area contributed by atoms with E-state index < -0.39 is 16.1 Å². The number of amides is 3. The summed E-state index contributed by atoms with van der Waals surface area (Å²) in [6.45, 7) is 3.81. The number of benzene rings is 1. The SMILES string of the molecule is CCOc1ccc(CC(=O)NC(C)c2cc[nH]c2)cc1S(=O)(=O)NC(=O)NC. The molecular formula is C18H24N4O5S. The van der Waals surface area contributed by atoms with Crippen LogP contribution in [0.1, 0.15) is 31.0 Å². The molecule has 0 saturated heterocycles. The monoisotopic (exact) mass is 408 g/mol. The minimum Gasteiger partial charge on any atom is -0.492 e. The van der Waals surface area contributed by atoms with Crippen LogP contribution < -0.4 is 20.1 Å². The van der Waals surface area contributed by atoms with Gasteiger partial charge in [-0.2, -0.15) is 0 Å². The number of ether oxygens (including phenoxy) is 1. The molecule has 2 rings (SSSR count). The number of nitrogens with one attached hydrogen (secondary N) is 4. The van der Waals surface area contributed by atoms with Gasteiger partial charge >= 0.3 is 6.03 Å². The van der Waals surface area contributed by atoms with Crippen molar-refractivity contribution in [3.05, 3.63) is 47.8 Å². The highest BCUT2D eigenvalue weighted by Crippen LogP contribution is 2.25. The standard InChI is InChI=1S/C18H24N4O5S/c1-4-27-15-6-5-13(9-16(15)28(25,26)22-18(24)19-3)10-17(23)21-12(2)14-7-8-20-11-14/h5-9,11-12,20H,4,10H2,1-3H3,(H,21,23)(H2,19,22,24). The number of rotatable bonds is 8. The van der Waals surface area contributed by atoms with Gasteiger partial charge in [-0.1, -0.05) is 6.07 Å². The predicted molar refractivity (Wildman–Crippen MR) is 103 cm³/mol. The van der Waals surface area contributed by atoms with E-state index in [1.165, 1.54) is 19.2 Å². The molecule has 0 aliphatic rings. The van der Waals surface area contributed by atoms with Crippen LogP contribution in [-0.2, 0) is 21.2 Å². The third-order valence-electron chi connectivity index (χ3n) is 3.92. The molecule has 0 bridgehead atoms. The number of aromatic nitrogens is 1. The highest BCUT2D eigenvalue weighted by atomic mass is 32.2. The molecular weight excluding hydrogens is 384 g/mol. The van der Waals surface area contributed by atoms with E-state index in [1.807, 2.05) is 17.7 Å². The van der Waals surface area contributed by atoms with Gasteiger partial charge in [0.15, 0.2) is 0 Å². The average Bonchev–Trinajstić information content (AvgIpc) is 3.17. The van der Waals surface area contributed by atoms with E-state index in [-0.39, 0.29) is 35.6 Å². The van der Waals surface area contributed by atoms with Crippen LogP contribution in [-0.4, -0.2) is 39.0 Å². The van der Waals surface area contributed by atoms with E-state index in [4.69, 9.17) is 4.74 Å². The van der Waals surface area contributed by atoms with E-state index in [0.29, 0.717) is 5.56 Å². The first-order chi connectivity index (χ1) is 13.3. The Kier molecular flexibility index (Phi) is 7.05. The van der Waals surface area contributed by atoms with Crippen molar-refractivity contribution in [2.75, 3.05) is 13.7 Å². The van der Waals surface area contributed by atoms with Crippen molar-refractivity contribution in [3.8, 4) is 5.75 Å². The van der Waals surface area contributed by atoms with Gasteiger partial charge in [0.25, 0.3) is 10.0 Å². The summed E-state index contributed by atoms with van der Waals surface area (Å²) in [4.78, 5) is 26.5. The van der Waals surface area contributed by atoms with Crippen LogP contribution in [0.2, 0.25) is 0 Å². The zero-order chi connectivity index (χ0) is 20.7. The molecule has 0 aliphatic heterocycles. The Morgan fingerprint density at radius 1 is 1.25 bits per heavy atom. The summed E-state index contributed by atoms with van der Waals surface area (Å²) in [6, 6.07) is 5.21. The fraction of sp³-hybridized carbons (Fsp3) is 0.333. The molecule has 1 unspecified atom stereocenters. The van der Waals surface area contributed by atoms with Gasteiger partial charge in [-0.15, -0.1) is 0 Å². The number of H-pyrrole nitrogens is 1. The summed E-state index contributed by atoms with van der Waals surface area (Å²) >= 11 is 0. The third-order valence-corrected chi connectivity index (χ3v) is 5.27. The molecule has 1 aromatic heterocycles. The fourth-order valence-corrected chi connectivity index (χ4v) is 3.70. The van der Waals surface area contributed by atoms with Gasteiger partial charge in [0.1, 0.15) is 10.6 Å². The second-order valence-electron chi connectivity index (χ2n) is 6.01. The Morgan fingerprint density at radius 2 is 2.00 bits per heavy atom. The molecule has 10 heteroatoms. The lowest BCUT2D eigenvalue weighted by Crippen LogP contribution is -2.37. The van der Waals surface area contributed by atoms with Gasteiger partial charge in [-0.3, -0.25) is 4.79 Å². The highest BCUT2D eigenvalue weighted by molar-refractivity contribution is 7.90. The number of sulfonamides is 1. The second kappa shape index (κ2) is 9.27. The molecule has 1 aromatic carbocycles. The van der Waals surface area contributed by atoms with Crippen molar-refractivity contribution in [2.24, 2.45) is 0 Å². The molecule has 0 radical (unpaired) electrons. The molecule has 0 aliphatic carbocycles. The first kappa shape index (κ1) is 21.3. The van der Waals surface area contributed by atoms with E-state index in [9.17, 15) is 18.0 Å². The molecule has 152 valence electrons. The Labute approximate surface area is 163 Å². The van der Waals surface area contributed by atoms with Crippen LogP contribution in [0.5, 0.6) is 5.75 Å². The predicted octanol–water partition coefficient (Wildman–Crippen LogP) is 1.45. The van der Waals surface area contributed by atoms with Crippen molar-refractivity contribution in [1.82, 2.24) is 20.3 Å². The van der Waals surface area contributed by atoms with Crippen molar-refractivity contribution < 1.29 is 22.7 Å². The van der Waals surface area contributed by atoms with Crippen LogP contribution in [0.3, 0.4) is 0 Å². The summed E-state index contributed by atoms with van der Waals surface area (Å²) < 4.78 is 32.3. The molecule has 0 spiro atoms. The van der Waals surface area contributed by atoms with Crippen LogP contribution >= 0.6 is 0 Å². The minimum absolute atomic E-state index is 0.0241. The van der Waals surface area contributed by atoms with Gasteiger partial charge in [-0.25, -0.2) is 17.9 Å². The number of urea groups is 1. The summed E-state index contributed by atoms with van der Waals surface area (Å²) in [5, 5.41) is 5.04. The molecule has 3 amide bonds. The number of carbonyl (C=O) groups excluding carboxylic acids is 2. The van der Waals surface area contributed by atoms with E-state index in [2.05, 4.69) is 15.6 Å². The number of hydrogen-bond donors (Lipinski definition) is 4. The van der Waals surface area contributed by atoms with Gasteiger partial charge < -0.3 is 20.4 Å². The first-order valence-electron chi connectivity index (χ1n) is 8.69. The molecule has 28 heavy (non-hydrogen) atoms. The summed E-state index contributed by atoms with van der Waals surface area (Å²) in [6.07, 6.45) is 3.53. The second-order valence-corrected chi connectivity index (χ2v) is 7.66. The van der Waals surface area contributed by atoms with Crippen LogP contribution in [0.4, 0.5) is 4.79 Å². The van der Waals surface area contributed by atoms with Gasteiger partial charge in [0.05, 0.1) is 19.1 Å². The molecule has 1 atom stereocenters. The number of aromatic amines is 1. The maximum absolute atomic E-state index is 12.5.